The average molecular weight is 414 g/mol. The van der Waals surface area contributed by atoms with E-state index in [4.69, 9.17) is 14.2 Å². The Labute approximate surface area is 156 Å². The van der Waals surface area contributed by atoms with Crippen LogP contribution in [0.5, 0.6) is 5.75 Å². The van der Waals surface area contributed by atoms with E-state index in [1.165, 1.54) is 12.0 Å². The molecule has 2 atom stereocenters. The van der Waals surface area contributed by atoms with Gasteiger partial charge in [-0.25, -0.2) is 9.59 Å². The number of hydrogen-bond donors (Lipinski definition) is 0. The van der Waals surface area contributed by atoms with E-state index in [2.05, 4.69) is 15.9 Å². The largest absolute Gasteiger partial charge is 0.488 e. The molecule has 1 fully saturated rings. The molecule has 1 aromatic carbocycles. The predicted molar refractivity (Wildman–Crippen MR) is 96.7 cm³/mol. The Morgan fingerprint density at radius 1 is 1.24 bits per heavy atom. The molecular weight excluding hydrogens is 390 g/mol. The van der Waals surface area contributed by atoms with Gasteiger partial charge in [-0.3, -0.25) is 4.90 Å². The molecule has 1 aliphatic heterocycles. The average Bonchev–Trinajstić information content (AvgIpc) is 2.87. The van der Waals surface area contributed by atoms with Crippen LogP contribution in [-0.2, 0) is 14.3 Å². The second-order valence-corrected chi connectivity index (χ2v) is 8.03. The van der Waals surface area contributed by atoms with Crippen molar-refractivity contribution in [3.05, 3.63) is 28.2 Å². The van der Waals surface area contributed by atoms with E-state index in [1.807, 2.05) is 25.1 Å². The first kappa shape index (κ1) is 19.6. The maximum Gasteiger partial charge on any atom is 0.411 e. The summed E-state index contributed by atoms with van der Waals surface area (Å²) >= 11 is 3.44. The molecule has 1 amide bonds. The Morgan fingerprint density at radius 3 is 2.48 bits per heavy atom. The first-order valence-electron chi connectivity index (χ1n) is 8.10. The van der Waals surface area contributed by atoms with Gasteiger partial charge in [0.25, 0.3) is 0 Å². The van der Waals surface area contributed by atoms with E-state index < -0.39 is 23.7 Å². The summed E-state index contributed by atoms with van der Waals surface area (Å²) < 4.78 is 17.1. The zero-order valence-corrected chi connectivity index (χ0v) is 16.8. The van der Waals surface area contributed by atoms with Gasteiger partial charge in [-0.05, 0) is 51.5 Å². The van der Waals surface area contributed by atoms with E-state index in [1.54, 1.807) is 20.8 Å². The standard InChI is InChI=1S/C18H24BrNO5/c1-11-6-12(19)8-13(7-11)24-14-9-15(16(21)23-5)20(10-14)17(22)25-18(2,3)4/h6-8,14-15H,9-10H2,1-5H3/t14-,15-/m0/s1. The molecule has 1 heterocycles. The molecular formula is C18H24BrNO5. The summed E-state index contributed by atoms with van der Waals surface area (Å²) in [4.78, 5) is 25.9. The third-order valence-electron chi connectivity index (χ3n) is 3.68. The zero-order chi connectivity index (χ0) is 18.8. The van der Waals surface area contributed by atoms with Crippen LogP contribution in [0.2, 0.25) is 0 Å². The summed E-state index contributed by atoms with van der Waals surface area (Å²) in [5.41, 5.74) is 0.411. The Hall–Kier alpha value is -1.76. The van der Waals surface area contributed by atoms with Gasteiger partial charge in [-0.15, -0.1) is 0 Å². The molecule has 0 bridgehead atoms. The number of nitrogens with zero attached hydrogens (tertiary/aromatic N) is 1. The Balaban J connectivity index is 2.14. The summed E-state index contributed by atoms with van der Waals surface area (Å²) in [5.74, 6) is 0.217. The Bertz CT molecular complexity index is 635. The summed E-state index contributed by atoms with van der Waals surface area (Å²) in [6, 6.07) is 5.04. The summed E-state index contributed by atoms with van der Waals surface area (Å²) in [7, 11) is 1.31. The van der Waals surface area contributed by atoms with Gasteiger partial charge >= 0.3 is 12.1 Å². The highest BCUT2D eigenvalue weighted by molar-refractivity contribution is 9.10. The predicted octanol–water partition coefficient (Wildman–Crippen LogP) is 3.69. The number of likely N-dealkylation sites (tertiary alicyclic amines) is 1. The molecule has 0 aliphatic carbocycles. The van der Waals surface area contributed by atoms with Gasteiger partial charge in [0.05, 0.1) is 13.7 Å². The number of halogens is 1. The topological polar surface area (TPSA) is 65.1 Å². The number of aryl methyl sites for hydroxylation is 1. The monoisotopic (exact) mass is 413 g/mol. The lowest BCUT2D eigenvalue weighted by molar-refractivity contribution is -0.145. The summed E-state index contributed by atoms with van der Waals surface area (Å²) in [6.45, 7) is 7.59. The fraction of sp³-hybridized carbons (Fsp3) is 0.556. The maximum atomic E-state index is 12.4. The number of rotatable bonds is 3. The van der Waals surface area contributed by atoms with Crippen LogP contribution in [0.15, 0.2) is 22.7 Å². The minimum Gasteiger partial charge on any atom is -0.488 e. The van der Waals surface area contributed by atoms with Crippen LogP contribution in [0.4, 0.5) is 4.79 Å². The molecule has 0 spiro atoms. The van der Waals surface area contributed by atoms with Gasteiger partial charge in [-0.2, -0.15) is 0 Å². The van der Waals surface area contributed by atoms with Crippen LogP contribution in [0.25, 0.3) is 0 Å². The summed E-state index contributed by atoms with van der Waals surface area (Å²) in [5, 5.41) is 0. The fourth-order valence-corrected chi connectivity index (χ4v) is 3.31. The molecule has 25 heavy (non-hydrogen) atoms. The number of benzene rings is 1. The maximum absolute atomic E-state index is 12.4. The van der Waals surface area contributed by atoms with Crippen LogP contribution in [-0.4, -0.2) is 48.4 Å². The SMILES string of the molecule is COC(=O)[C@@H]1C[C@H](Oc2cc(C)cc(Br)c2)CN1C(=O)OC(C)(C)C. The number of amides is 1. The first-order valence-corrected chi connectivity index (χ1v) is 8.89. The molecule has 1 saturated heterocycles. The smallest absolute Gasteiger partial charge is 0.411 e. The molecule has 0 aromatic heterocycles. The van der Waals surface area contributed by atoms with Gasteiger partial charge in [0, 0.05) is 10.9 Å². The summed E-state index contributed by atoms with van der Waals surface area (Å²) in [6.07, 6.45) is -0.498. The Morgan fingerprint density at radius 2 is 1.92 bits per heavy atom. The molecule has 0 unspecified atom stereocenters. The minimum absolute atomic E-state index is 0.264. The number of hydrogen-bond acceptors (Lipinski definition) is 5. The molecule has 0 radical (unpaired) electrons. The van der Waals surface area contributed by atoms with Gasteiger partial charge in [0.1, 0.15) is 23.5 Å². The molecule has 2 rings (SSSR count). The van der Waals surface area contributed by atoms with Crippen molar-refractivity contribution in [1.29, 1.82) is 0 Å². The van der Waals surface area contributed by atoms with Crippen molar-refractivity contribution in [3.8, 4) is 5.75 Å². The van der Waals surface area contributed by atoms with Crippen molar-refractivity contribution in [2.24, 2.45) is 0 Å². The zero-order valence-electron chi connectivity index (χ0n) is 15.2. The van der Waals surface area contributed by atoms with Gasteiger partial charge in [0.15, 0.2) is 0 Å². The highest BCUT2D eigenvalue weighted by Gasteiger charge is 2.43. The van der Waals surface area contributed by atoms with Crippen molar-refractivity contribution >= 4 is 28.0 Å². The normalized spacial score (nSPS) is 20.3. The van der Waals surface area contributed by atoms with E-state index >= 15 is 0 Å². The van der Waals surface area contributed by atoms with Crippen molar-refractivity contribution in [3.63, 3.8) is 0 Å². The molecule has 0 N–H and O–H groups in total. The molecule has 1 aromatic rings. The van der Waals surface area contributed by atoms with Gasteiger partial charge < -0.3 is 14.2 Å². The van der Waals surface area contributed by atoms with Crippen molar-refractivity contribution in [2.75, 3.05) is 13.7 Å². The van der Waals surface area contributed by atoms with Crippen molar-refractivity contribution in [1.82, 2.24) is 4.90 Å². The minimum atomic E-state index is -0.710. The molecule has 6 nitrogen and oxygen atoms in total. The number of carbonyl (C=O) groups excluding carboxylic acids is 2. The number of esters is 1. The van der Waals surface area contributed by atoms with Crippen LogP contribution in [0.1, 0.15) is 32.8 Å². The lowest BCUT2D eigenvalue weighted by atomic mass is 10.2. The number of carbonyl (C=O) groups is 2. The van der Waals surface area contributed by atoms with E-state index in [-0.39, 0.29) is 12.6 Å². The highest BCUT2D eigenvalue weighted by Crippen LogP contribution is 2.28. The third-order valence-corrected chi connectivity index (χ3v) is 4.14. The number of methoxy groups -OCH3 is 1. The quantitative estimate of drug-likeness (QED) is 0.706. The Kier molecular flexibility index (Phi) is 5.98. The fourth-order valence-electron chi connectivity index (χ4n) is 2.73. The molecule has 7 heteroatoms. The van der Waals surface area contributed by atoms with E-state index in [0.29, 0.717) is 12.2 Å². The number of ether oxygens (including phenoxy) is 3. The molecule has 1 aliphatic rings. The second kappa shape index (κ2) is 7.64. The van der Waals surface area contributed by atoms with Crippen LogP contribution in [0.3, 0.4) is 0 Å². The third kappa shape index (κ3) is 5.36. The van der Waals surface area contributed by atoms with Crippen molar-refractivity contribution in [2.45, 2.75) is 51.9 Å². The van der Waals surface area contributed by atoms with Crippen LogP contribution in [0, 0.1) is 6.92 Å². The van der Waals surface area contributed by atoms with Crippen LogP contribution >= 0.6 is 15.9 Å². The molecule has 0 saturated carbocycles. The highest BCUT2D eigenvalue weighted by atomic mass is 79.9. The van der Waals surface area contributed by atoms with Gasteiger partial charge in [0.2, 0.25) is 0 Å². The van der Waals surface area contributed by atoms with Gasteiger partial charge in [-0.1, -0.05) is 15.9 Å². The lowest BCUT2D eigenvalue weighted by Gasteiger charge is -2.27. The van der Waals surface area contributed by atoms with Crippen LogP contribution < -0.4 is 4.74 Å². The van der Waals surface area contributed by atoms with Crippen molar-refractivity contribution < 1.29 is 23.8 Å². The van der Waals surface area contributed by atoms with E-state index in [9.17, 15) is 9.59 Å². The second-order valence-electron chi connectivity index (χ2n) is 7.11. The lowest BCUT2D eigenvalue weighted by Crippen LogP contribution is -2.44. The molecule has 138 valence electrons. The van der Waals surface area contributed by atoms with E-state index in [0.717, 1.165) is 10.0 Å². The first-order chi connectivity index (χ1) is 11.6.